The van der Waals surface area contributed by atoms with Gasteiger partial charge >= 0.3 is 6.09 Å². The Bertz CT molecular complexity index is 1260. The molecular weight excluding hydrogens is 492 g/mol. The van der Waals surface area contributed by atoms with E-state index in [2.05, 4.69) is 31.0 Å². The van der Waals surface area contributed by atoms with E-state index >= 15 is 0 Å². The van der Waals surface area contributed by atoms with Gasteiger partial charge in [-0.05, 0) is 70.0 Å². The summed E-state index contributed by atoms with van der Waals surface area (Å²) < 4.78 is 21.2. The summed E-state index contributed by atoms with van der Waals surface area (Å²) in [7, 11) is -2.92. The van der Waals surface area contributed by atoms with Gasteiger partial charge < -0.3 is 20.5 Å². The van der Waals surface area contributed by atoms with Crippen molar-refractivity contribution in [3.63, 3.8) is 0 Å². The van der Waals surface area contributed by atoms with E-state index < -0.39 is 15.8 Å². The molecule has 1 atom stereocenters. The summed E-state index contributed by atoms with van der Waals surface area (Å²) in [5.41, 5.74) is 3.39. The molecule has 10 nitrogen and oxygen atoms in total. The first-order valence-corrected chi connectivity index (χ1v) is 13.8. The Morgan fingerprint density at radius 2 is 1.92 bits per heavy atom. The van der Waals surface area contributed by atoms with Crippen LogP contribution in [0, 0.1) is 11.3 Å². The number of hydrogen-bond donors (Lipinski definition) is 3. The van der Waals surface area contributed by atoms with Crippen LogP contribution >= 0.6 is 0 Å². The SMILES string of the molecule is C/C=C(\C=C(/C)c1cnc(Nc2ccc(S(C)(=O)=NC(=O)OCC)cc2)nc1NCC)CC#N.CCO. The Hall–Kier alpha value is -3.75. The van der Waals surface area contributed by atoms with E-state index in [-0.39, 0.29) is 13.2 Å². The van der Waals surface area contributed by atoms with Crippen molar-refractivity contribution in [1.82, 2.24) is 9.97 Å². The maximum atomic E-state index is 12.8. The van der Waals surface area contributed by atoms with Crippen molar-refractivity contribution in [2.24, 2.45) is 4.36 Å². The lowest BCUT2D eigenvalue weighted by atomic mass is 10.0. The van der Waals surface area contributed by atoms with Crippen molar-refractivity contribution in [3.8, 4) is 6.07 Å². The topological polar surface area (TPSA) is 150 Å². The molecule has 3 N–H and O–H groups in total. The molecule has 0 aliphatic rings. The van der Waals surface area contributed by atoms with Crippen molar-refractivity contribution in [2.75, 3.05) is 36.6 Å². The molecule has 0 aliphatic carbocycles. The van der Waals surface area contributed by atoms with Gasteiger partial charge in [0, 0.05) is 41.8 Å². The van der Waals surface area contributed by atoms with Crippen LogP contribution in [-0.4, -0.2) is 51.4 Å². The van der Waals surface area contributed by atoms with Gasteiger partial charge in [-0.25, -0.2) is 14.0 Å². The van der Waals surface area contributed by atoms with E-state index in [9.17, 15) is 9.00 Å². The number of nitriles is 1. The summed E-state index contributed by atoms with van der Waals surface area (Å²) >= 11 is 0. The second-order valence-electron chi connectivity index (χ2n) is 7.57. The third-order valence-electron chi connectivity index (χ3n) is 4.68. The summed E-state index contributed by atoms with van der Waals surface area (Å²) in [5, 5.41) is 22.9. The lowest BCUT2D eigenvalue weighted by Gasteiger charge is -2.13. The highest BCUT2D eigenvalue weighted by Crippen LogP contribution is 2.26. The van der Waals surface area contributed by atoms with Crippen LogP contribution in [-0.2, 0) is 14.5 Å². The van der Waals surface area contributed by atoms with Gasteiger partial charge in [0.1, 0.15) is 5.82 Å². The average molecular weight is 529 g/mol. The number of nitrogens with one attached hydrogen (secondary N) is 2. The summed E-state index contributed by atoms with van der Waals surface area (Å²) in [6, 6.07) is 8.86. The highest BCUT2D eigenvalue weighted by atomic mass is 32.2. The second-order valence-corrected chi connectivity index (χ2v) is 9.83. The van der Waals surface area contributed by atoms with Crippen LogP contribution in [0.4, 0.5) is 22.2 Å². The number of ether oxygens (including phenoxy) is 1. The molecule has 0 spiro atoms. The molecule has 0 saturated heterocycles. The number of carbonyl (C=O) groups excluding carboxylic acids is 1. The fourth-order valence-electron chi connectivity index (χ4n) is 2.98. The fraction of sp³-hybridized carbons (Fsp3) is 0.385. The Morgan fingerprint density at radius 3 is 2.46 bits per heavy atom. The molecule has 2 rings (SSSR count). The molecular formula is C26H36N6O4S. The maximum absolute atomic E-state index is 12.8. The van der Waals surface area contributed by atoms with Gasteiger partial charge in [-0.1, -0.05) is 12.2 Å². The molecule has 0 radical (unpaired) electrons. The molecule has 1 aromatic heterocycles. The van der Waals surface area contributed by atoms with E-state index in [1.807, 2.05) is 32.9 Å². The van der Waals surface area contributed by atoms with Crippen LogP contribution in [0.15, 0.2) is 57.4 Å². The zero-order valence-electron chi connectivity index (χ0n) is 22.2. The summed E-state index contributed by atoms with van der Waals surface area (Å²) in [5.74, 6) is 1.06. The number of rotatable bonds is 9. The third-order valence-corrected chi connectivity index (χ3v) is 6.32. The van der Waals surface area contributed by atoms with E-state index in [1.54, 1.807) is 44.3 Å². The minimum atomic E-state index is -2.92. The molecule has 2 aromatic rings. The highest BCUT2D eigenvalue weighted by molar-refractivity contribution is 7.93. The molecule has 11 heteroatoms. The lowest BCUT2D eigenvalue weighted by Crippen LogP contribution is -2.07. The smallest absolute Gasteiger partial charge is 0.442 e. The van der Waals surface area contributed by atoms with E-state index in [0.717, 1.165) is 16.7 Å². The van der Waals surface area contributed by atoms with Gasteiger partial charge in [0.05, 0.1) is 28.8 Å². The van der Waals surface area contributed by atoms with Crippen LogP contribution in [0.3, 0.4) is 0 Å². The van der Waals surface area contributed by atoms with E-state index in [1.165, 1.54) is 6.26 Å². The molecule has 1 unspecified atom stereocenters. The van der Waals surface area contributed by atoms with Crippen molar-refractivity contribution in [2.45, 2.75) is 45.9 Å². The van der Waals surface area contributed by atoms with Crippen molar-refractivity contribution in [1.29, 1.82) is 5.26 Å². The first kappa shape index (κ1) is 31.3. The molecule has 1 amide bonds. The number of allylic oxidation sites excluding steroid dienone is 4. The predicted octanol–water partition coefficient (Wildman–Crippen LogP) is 5.53. The maximum Gasteiger partial charge on any atom is 0.442 e. The number of nitrogens with zero attached hydrogens (tertiary/aromatic N) is 4. The highest BCUT2D eigenvalue weighted by Gasteiger charge is 2.12. The van der Waals surface area contributed by atoms with Crippen LogP contribution in [0.25, 0.3) is 5.57 Å². The lowest BCUT2D eigenvalue weighted by molar-refractivity contribution is 0.164. The molecule has 0 saturated carbocycles. The zero-order chi connectivity index (χ0) is 27.8. The van der Waals surface area contributed by atoms with E-state index in [0.29, 0.717) is 35.3 Å². The first-order valence-electron chi connectivity index (χ1n) is 11.8. The largest absolute Gasteiger partial charge is 0.448 e. The molecule has 1 heterocycles. The molecule has 0 bridgehead atoms. The number of hydrogen-bond acceptors (Lipinski definition) is 9. The number of aromatic nitrogens is 2. The molecule has 200 valence electrons. The number of aliphatic hydroxyl groups is 1. The second kappa shape index (κ2) is 16.1. The van der Waals surface area contributed by atoms with Gasteiger partial charge in [-0.3, -0.25) is 0 Å². The number of anilines is 3. The van der Waals surface area contributed by atoms with Crippen molar-refractivity contribution < 1.29 is 18.8 Å². The molecule has 1 aromatic carbocycles. The molecule has 37 heavy (non-hydrogen) atoms. The summed E-state index contributed by atoms with van der Waals surface area (Å²) in [6.07, 6.45) is 6.47. The summed E-state index contributed by atoms with van der Waals surface area (Å²) in [6.45, 7) is 10.3. The number of benzene rings is 1. The van der Waals surface area contributed by atoms with E-state index in [4.69, 9.17) is 15.1 Å². The minimum absolute atomic E-state index is 0.167. The molecule has 0 aliphatic heterocycles. The van der Waals surface area contributed by atoms with Gasteiger partial charge in [-0.2, -0.15) is 10.2 Å². The van der Waals surface area contributed by atoms with Crippen molar-refractivity contribution >= 4 is 38.8 Å². The third kappa shape index (κ3) is 10.4. The normalized spacial score (nSPS) is 12.8. The first-order chi connectivity index (χ1) is 17.6. The standard InChI is InChI=1S/C24H30N6O3S.C2H6O/c1-6-18(13-14-25)15-17(4)21-16-27-23(29-22(21)26-7-2)28-19-9-11-20(12-10-19)34(5,32)30-24(31)33-8-3;1-2-3/h6,9-12,15-16H,7-8,13H2,1-5H3,(H2,26,27,28,29);3H,2H2,1H3/b17-15+,18-6-;. The van der Waals surface area contributed by atoms with Gasteiger partial charge in [-0.15, -0.1) is 4.36 Å². The Morgan fingerprint density at radius 1 is 1.27 bits per heavy atom. The zero-order valence-corrected chi connectivity index (χ0v) is 23.1. The molecule has 0 fully saturated rings. The van der Waals surface area contributed by atoms with Crippen molar-refractivity contribution in [3.05, 3.63) is 53.8 Å². The van der Waals surface area contributed by atoms with Crippen LogP contribution in [0.5, 0.6) is 0 Å². The van der Waals surface area contributed by atoms with Crippen LogP contribution < -0.4 is 10.6 Å². The number of amides is 1. The Labute approximate surface area is 219 Å². The number of aliphatic hydroxyl groups excluding tert-OH is 1. The summed E-state index contributed by atoms with van der Waals surface area (Å²) in [4.78, 5) is 21.0. The minimum Gasteiger partial charge on any atom is -0.448 e. The Balaban J connectivity index is 0.00000217. The fourth-order valence-corrected chi connectivity index (χ4v) is 4.06. The quantitative estimate of drug-likeness (QED) is 0.357. The van der Waals surface area contributed by atoms with Gasteiger partial charge in [0.15, 0.2) is 0 Å². The van der Waals surface area contributed by atoms with Crippen LogP contribution in [0.2, 0.25) is 0 Å². The Kier molecular flexibility index (Phi) is 13.6. The van der Waals surface area contributed by atoms with Crippen LogP contribution in [0.1, 0.15) is 46.6 Å². The van der Waals surface area contributed by atoms with Gasteiger partial charge in [0.25, 0.3) is 0 Å². The predicted molar refractivity (Wildman–Crippen MR) is 148 cm³/mol. The van der Waals surface area contributed by atoms with Gasteiger partial charge in [0.2, 0.25) is 5.95 Å². The number of carbonyl (C=O) groups is 1. The monoisotopic (exact) mass is 528 g/mol. The average Bonchev–Trinajstić information content (AvgIpc) is 2.84.